The average molecular weight is 370 g/mol. The molecule has 0 amide bonds. The Kier molecular flexibility index (Phi) is 7.27. The number of aromatic nitrogens is 2. The molecule has 1 N–H and O–H groups in total. The van der Waals surface area contributed by atoms with Crippen molar-refractivity contribution in [2.75, 3.05) is 32.8 Å². The van der Waals surface area contributed by atoms with Gasteiger partial charge in [-0.3, -0.25) is 9.67 Å². The summed E-state index contributed by atoms with van der Waals surface area (Å²) in [6.45, 7) is 10.1. The van der Waals surface area contributed by atoms with E-state index in [2.05, 4.69) is 59.6 Å². The molecule has 2 aromatic rings. The lowest BCUT2D eigenvalue weighted by Gasteiger charge is -2.21. The largest absolute Gasteiger partial charge is 0.376 e. The summed E-state index contributed by atoms with van der Waals surface area (Å²) in [4.78, 5) is 7.15. The molecule has 1 aromatic heterocycles. The van der Waals surface area contributed by atoms with Gasteiger partial charge in [0.2, 0.25) is 0 Å². The summed E-state index contributed by atoms with van der Waals surface area (Å²) < 4.78 is 7.89. The van der Waals surface area contributed by atoms with Crippen molar-refractivity contribution in [1.82, 2.24) is 20.0 Å². The molecule has 6 nitrogen and oxygen atoms in total. The minimum atomic E-state index is 0.561. The summed E-state index contributed by atoms with van der Waals surface area (Å²) >= 11 is 0. The summed E-state index contributed by atoms with van der Waals surface area (Å²) in [6.07, 6.45) is 5.09. The highest BCUT2D eigenvalue weighted by atomic mass is 16.5. The van der Waals surface area contributed by atoms with Gasteiger partial charge in [-0.25, -0.2) is 0 Å². The van der Waals surface area contributed by atoms with E-state index in [0.717, 1.165) is 51.7 Å². The van der Waals surface area contributed by atoms with Crippen molar-refractivity contribution in [3.05, 3.63) is 53.9 Å². The molecule has 1 fully saturated rings. The van der Waals surface area contributed by atoms with E-state index in [4.69, 9.17) is 9.73 Å². The van der Waals surface area contributed by atoms with Crippen molar-refractivity contribution in [3.8, 4) is 0 Å². The van der Waals surface area contributed by atoms with Crippen molar-refractivity contribution in [1.29, 1.82) is 0 Å². The van der Waals surface area contributed by atoms with Gasteiger partial charge >= 0.3 is 0 Å². The summed E-state index contributed by atoms with van der Waals surface area (Å²) in [5.74, 6) is 1.57. The van der Waals surface area contributed by atoms with Crippen LogP contribution in [0.2, 0.25) is 0 Å². The van der Waals surface area contributed by atoms with Gasteiger partial charge in [0.1, 0.15) is 0 Å². The topological polar surface area (TPSA) is 54.7 Å². The summed E-state index contributed by atoms with van der Waals surface area (Å²) in [5.41, 5.74) is 2.42. The number of rotatable bonds is 8. The zero-order valence-electron chi connectivity index (χ0n) is 16.5. The van der Waals surface area contributed by atoms with Crippen molar-refractivity contribution >= 4 is 5.96 Å². The Morgan fingerprint density at radius 2 is 2.19 bits per heavy atom. The standard InChI is InChI=1S/C21H31N5O/c1-3-22-21(23-10-12-26-14-18(2)13-24-26)25-11-9-20(15-25)17-27-16-19-7-5-4-6-8-19/h4-8,13-14,20H,3,9-12,15-17H2,1-2H3,(H,22,23). The van der Waals surface area contributed by atoms with Crippen LogP contribution in [0.4, 0.5) is 0 Å². The lowest BCUT2D eigenvalue weighted by Crippen LogP contribution is -2.40. The molecule has 3 rings (SSSR count). The normalized spacial score (nSPS) is 17.5. The number of aryl methyl sites for hydroxylation is 1. The lowest BCUT2D eigenvalue weighted by atomic mass is 10.1. The molecule has 146 valence electrons. The molecule has 1 aliphatic rings. The molecule has 0 saturated carbocycles. The predicted octanol–water partition coefficient (Wildman–Crippen LogP) is 2.70. The van der Waals surface area contributed by atoms with Crippen LogP contribution in [0.25, 0.3) is 0 Å². The molecule has 1 saturated heterocycles. The molecule has 0 spiro atoms. The van der Waals surface area contributed by atoms with Crippen LogP contribution in [-0.4, -0.2) is 53.4 Å². The van der Waals surface area contributed by atoms with Gasteiger partial charge in [0, 0.05) is 31.7 Å². The molecular formula is C21H31N5O. The first-order chi connectivity index (χ1) is 13.2. The van der Waals surface area contributed by atoms with Crippen molar-refractivity contribution in [3.63, 3.8) is 0 Å². The maximum Gasteiger partial charge on any atom is 0.193 e. The highest BCUT2D eigenvalue weighted by Crippen LogP contribution is 2.17. The van der Waals surface area contributed by atoms with Gasteiger partial charge in [0.05, 0.1) is 32.5 Å². The van der Waals surface area contributed by atoms with E-state index in [-0.39, 0.29) is 0 Å². The smallest absolute Gasteiger partial charge is 0.193 e. The summed E-state index contributed by atoms with van der Waals surface area (Å²) in [7, 11) is 0. The monoisotopic (exact) mass is 369 g/mol. The highest BCUT2D eigenvalue weighted by molar-refractivity contribution is 5.80. The third-order valence-electron chi connectivity index (χ3n) is 4.74. The summed E-state index contributed by atoms with van der Waals surface area (Å²) in [5, 5.41) is 7.75. The number of hydrogen-bond acceptors (Lipinski definition) is 3. The van der Waals surface area contributed by atoms with Crippen molar-refractivity contribution in [2.24, 2.45) is 10.9 Å². The molecule has 1 aliphatic heterocycles. The Morgan fingerprint density at radius 3 is 2.93 bits per heavy atom. The number of likely N-dealkylation sites (tertiary alicyclic amines) is 1. The second-order valence-corrected chi connectivity index (χ2v) is 7.12. The van der Waals surface area contributed by atoms with Crippen molar-refractivity contribution in [2.45, 2.75) is 33.4 Å². The van der Waals surface area contributed by atoms with Crippen LogP contribution in [0, 0.1) is 12.8 Å². The fraction of sp³-hybridized carbons (Fsp3) is 0.524. The average Bonchev–Trinajstić information content (AvgIpc) is 3.31. The van der Waals surface area contributed by atoms with Crippen LogP contribution < -0.4 is 5.32 Å². The first-order valence-electron chi connectivity index (χ1n) is 9.88. The third kappa shape index (κ3) is 6.10. The van der Waals surface area contributed by atoms with Gasteiger partial charge < -0.3 is 15.0 Å². The Hall–Kier alpha value is -2.34. The minimum absolute atomic E-state index is 0.561. The van der Waals surface area contributed by atoms with Crippen LogP contribution in [0.3, 0.4) is 0 Å². The Balaban J connectivity index is 1.44. The predicted molar refractivity (Wildman–Crippen MR) is 109 cm³/mol. The fourth-order valence-electron chi connectivity index (χ4n) is 3.35. The molecule has 0 aliphatic carbocycles. The highest BCUT2D eigenvalue weighted by Gasteiger charge is 2.24. The maximum absolute atomic E-state index is 5.93. The van der Waals surface area contributed by atoms with Gasteiger partial charge in [-0.15, -0.1) is 0 Å². The number of ether oxygens (including phenoxy) is 1. The van der Waals surface area contributed by atoms with Crippen LogP contribution in [0.5, 0.6) is 0 Å². The van der Waals surface area contributed by atoms with Crippen LogP contribution >= 0.6 is 0 Å². The number of nitrogens with one attached hydrogen (secondary N) is 1. The number of nitrogens with zero attached hydrogens (tertiary/aromatic N) is 4. The van der Waals surface area contributed by atoms with E-state index in [1.165, 1.54) is 11.1 Å². The van der Waals surface area contributed by atoms with Crippen LogP contribution in [-0.2, 0) is 17.9 Å². The van der Waals surface area contributed by atoms with Gasteiger partial charge in [-0.1, -0.05) is 30.3 Å². The van der Waals surface area contributed by atoms with Crippen LogP contribution in [0.15, 0.2) is 47.7 Å². The van der Waals surface area contributed by atoms with E-state index < -0.39 is 0 Å². The number of hydrogen-bond donors (Lipinski definition) is 1. The number of guanidine groups is 1. The second kappa shape index (κ2) is 10.1. The Morgan fingerprint density at radius 1 is 1.33 bits per heavy atom. The van der Waals surface area contributed by atoms with Gasteiger partial charge in [0.25, 0.3) is 0 Å². The summed E-state index contributed by atoms with van der Waals surface area (Å²) in [6, 6.07) is 10.4. The maximum atomic E-state index is 5.93. The van der Waals surface area contributed by atoms with E-state index >= 15 is 0 Å². The van der Waals surface area contributed by atoms with E-state index in [9.17, 15) is 0 Å². The Labute approximate surface area is 162 Å². The molecule has 6 heteroatoms. The molecule has 1 atom stereocenters. The first-order valence-corrected chi connectivity index (χ1v) is 9.88. The Bertz CT molecular complexity index is 712. The number of aliphatic imine (C=N–C) groups is 1. The van der Waals surface area contributed by atoms with Crippen LogP contribution in [0.1, 0.15) is 24.5 Å². The zero-order chi connectivity index (χ0) is 18.9. The quantitative estimate of drug-likeness (QED) is 0.574. The molecular weight excluding hydrogens is 338 g/mol. The van der Waals surface area contributed by atoms with Gasteiger partial charge in [-0.05, 0) is 31.4 Å². The molecule has 0 radical (unpaired) electrons. The molecule has 1 aromatic carbocycles. The lowest BCUT2D eigenvalue weighted by molar-refractivity contribution is 0.0906. The first kappa shape index (κ1) is 19.4. The molecule has 0 bridgehead atoms. The number of benzene rings is 1. The zero-order valence-corrected chi connectivity index (χ0v) is 16.5. The van der Waals surface area contributed by atoms with E-state index in [1.807, 2.05) is 16.9 Å². The van der Waals surface area contributed by atoms with E-state index in [0.29, 0.717) is 12.5 Å². The SMILES string of the molecule is CCNC(=NCCn1cc(C)cn1)N1CCC(COCc2ccccc2)C1. The fourth-order valence-corrected chi connectivity index (χ4v) is 3.35. The van der Waals surface area contributed by atoms with Gasteiger partial charge in [0.15, 0.2) is 5.96 Å². The minimum Gasteiger partial charge on any atom is -0.376 e. The third-order valence-corrected chi connectivity index (χ3v) is 4.74. The van der Waals surface area contributed by atoms with E-state index in [1.54, 1.807) is 0 Å². The van der Waals surface area contributed by atoms with Crippen molar-refractivity contribution < 1.29 is 4.74 Å². The second-order valence-electron chi connectivity index (χ2n) is 7.12. The van der Waals surface area contributed by atoms with Gasteiger partial charge in [-0.2, -0.15) is 5.10 Å². The molecule has 2 heterocycles. The molecule has 27 heavy (non-hydrogen) atoms. The molecule has 1 unspecified atom stereocenters.